The summed E-state index contributed by atoms with van der Waals surface area (Å²) in [6.07, 6.45) is 4.21. The van der Waals surface area contributed by atoms with Crippen LogP contribution in [0, 0.1) is 0 Å². The third-order valence-electron chi connectivity index (χ3n) is 4.07. The summed E-state index contributed by atoms with van der Waals surface area (Å²) in [5.74, 6) is 0.645. The van der Waals surface area contributed by atoms with E-state index in [1.807, 2.05) is 35.2 Å². The van der Waals surface area contributed by atoms with Gasteiger partial charge in [-0.25, -0.2) is 0 Å². The van der Waals surface area contributed by atoms with Crippen molar-refractivity contribution in [2.24, 2.45) is 0 Å². The lowest BCUT2D eigenvalue weighted by Gasteiger charge is -2.15. The summed E-state index contributed by atoms with van der Waals surface area (Å²) in [4.78, 5) is 30.8. The molecule has 1 aromatic carbocycles. The summed E-state index contributed by atoms with van der Waals surface area (Å²) < 4.78 is 0. The van der Waals surface area contributed by atoms with Crippen LogP contribution >= 0.6 is 11.8 Å². The summed E-state index contributed by atoms with van der Waals surface area (Å²) in [5, 5.41) is 4.00. The molecule has 2 amide bonds. The summed E-state index contributed by atoms with van der Waals surface area (Å²) in [6, 6.07) is 9.88. The lowest BCUT2D eigenvalue weighted by Crippen LogP contribution is -2.31. The molecule has 1 aliphatic rings. The van der Waals surface area contributed by atoms with E-state index in [2.05, 4.69) is 10.3 Å². The van der Waals surface area contributed by atoms with Gasteiger partial charge in [0.2, 0.25) is 11.8 Å². The zero-order valence-electron chi connectivity index (χ0n) is 13.5. The standard InChI is InChI=1S/C18H21N3O2S/c22-17(20-9-4-12-21-11-3-7-18(21)23)13-24-16-8-10-19-15-6-2-1-5-14(15)16/h1-2,5-6,8,10H,3-4,7,9,11-13H2,(H,20,22). The molecule has 2 heterocycles. The van der Waals surface area contributed by atoms with Gasteiger partial charge in [-0.3, -0.25) is 14.6 Å². The van der Waals surface area contributed by atoms with Crippen molar-refractivity contribution in [2.45, 2.75) is 24.2 Å². The van der Waals surface area contributed by atoms with Crippen LogP contribution in [0.15, 0.2) is 41.4 Å². The van der Waals surface area contributed by atoms with Crippen molar-refractivity contribution in [2.75, 3.05) is 25.4 Å². The Labute approximate surface area is 145 Å². The highest BCUT2D eigenvalue weighted by Gasteiger charge is 2.19. The van der Waals surface area contributed by atoms with Crippen molar-refractivity contribution in [3.05, 3.63) is 36.5 Å². The Balaban J connectivity index is 1.41. The quantitative estimate of drug-likeness (QED) is 0.620. The van der Waals surface area contributed by atoms with Gasteiger partial charge in [0.15, 0.2) is 0 Å². The van der Waals surface area contributed by atoms with Gasteiger partial charge in [0, 0.05) is 42.5 Å². The van der Waals surface area contributed by atoms with E-state index in [0.717, 1.165) is 41.7 Å². The summed E-state index contributed by atoms with van der Waals surface area (Å²) in [6.45, 7) is 2.21. The number of amides is 2. The zero-order valence-corrected chi connectivity index (χ0v) is 14.3. The van der Waals surface area contributed by atoms with E-state index in [0.29, 0.717) is 18.7 Å². The Bertz CT molecular complexity index is 730. The van der Waals surface area contributed by atoms with Gasteiger partial charge in [-0.1, -0.05) is 18.2 Å². The van der Waals surface area contributed by atoms with Crippen molar-refractivity contribution in [3.8, 4) is 0 Å². The van der Waals surface area contributed by atoms with E-state index in [1.54, 1.807) is 6.20 Å². The van der Waals surface area contributed by atoms with Gasteiger partial charge < -0.3 is 10.2 Å². The zero-order chi connectivity index (χ0) is 16.8. The molecule has 0 spiro atoms. The fourth-order valence-corrected chi connectivity index (χ4v) is 3.70. The number of aromatic nitrogens is 1. The Morgan fingerprint density at radius 3 is 3.00 bits per heavy atom. The highest BCUT2D eigenvalue weighted by atomic mass is 32.2. The molecule has 0 bridgehead atoms. The predicted molar refractivity (Wildman–Crippen MR) is 95.9 cm³/mol. The average molecular weight is 343 g/mol. The molecule has 5 nitrogen and oxygen atoms in total. The van der Waals surface area contributed by atoms with Crippen LogP contribution in [0.5, 0.6) is 0 Å². The normalized spacial score (nSPS) is 14.3. The molecule has 3 rings (SSSR count). The van der Waals surface area contributed by atoms with Crippen LogP contribution in [0.3, 0.4) is 0 Å². The summed E-state index contributed by atoms with van der Waals surface area (Å²) >= 11 is 1.53. The molecule has 1 aliphatic heterocycles. The van der Waals surface area contributed by atoms with Crippen LogP contribution in [0.2, 0.25) is 0 Å². The molecule has 0 unspecified atom stereocenters. The highest BCUT2D eigenvalue weighted by molar-refractivity contribution is 8.00. The largest absolute Gasteiger partial charge is 0.355 e. The number of carbonyl (C=O) groups is 2. The van der Waals surface area contributed by atoms with Crippen molar-refractivity contribution >= 4 is 34.5 Å². The van der Waals surface area contributed by atoms with E-state index in [-0.39, 0.29) is 11.8 Å². The second kappa shape index (κ2) is 8.15. The van der Waals surface area contributed by atoms with E-state index >= 15 is 0 Å². The maximum atomic E-state index is 12.0. The van der Waals surface area contributed by atoms with Crippen molar-refractivity contribution < 1.29 is 9.59 Å². The smallest absolute Gasteiger partial charge is 0.230 e. The van der Waals surface area contributed by atoms with Gasteiger partial charge in [-0.05, 0) is 25.0 Å². The minimum absolute atomic E-state index is 0.0219. The maximum Gasteiger partial charge on any atom is 0.230 e. The average Bonchev–Trinajstić information content (AvgIpc) is 3.02. The molecule has 1 fully saturated rings. The van der Waals surface area contributed by atoms with Gasteiger partial charge in [0.25, 0.3) is 0 Å². The van der Waals surface area contributed by atoms with E-state index < -0.39 is 0 Å². The fourth-order valence-electron chi connectivity index (χ4n) is 2.83. The molecule has 0 radical (unpaired) electrons. The third-order valence-corrected chi connectivity index (χ3v) is 5.14. The number of rotatable bonds is 7. The molecule has 1 aromatic heterocycles. The lowest BCUT2D eigenvalue weighted by molar-refractivity contribution is -0.127. The van der Waals surface area contributed by atoms with E-state index in [4.69, 9.17) is 0 Å². The minimum Gasteiger partial charge on any atom is -0.355 e. The maximum absolute atomic E-state index is 12.0. The van der Waals surface area contributed by atoms with Crippen molar-refractivity contribution in [1.82, 2.24) is 15.2 Å². The van der Waals surface area contributed by atoms with Crippen LogP contribution in [-0.4, -0.2) is 47.1 Å². The van der Waals surface area contributed by atoms with Gasteiger partial charge in [-0.15, -0.1) is 11.8 Å². The first-order valence-electron chi connectivity index (χ1n) is 8.25. The Morgan fingerprint density at radius 1 is 1.29 bits per heavy atom. The summed E-state index contributed by atoms with van der Waals surface area (Å²) in [7, 11) is 0. The fraction of sp³-hybridized carbons (Fsp3) is 0.389. The van der Waals surface area contributed by atoms with Gasteiger partial charge in [-0.2, -0.15) is 0 Å². The number of benzene rings is 1. The first-order valence-corrected chi connectivity index (χ1v) is 9.23. The molecule has 0 saturated carbocycles. The number of likely N-dealkylation sites (tertiary alicyclic amines) is 1. The van der Waals surface area contributed by atoms with Crippen LogP contribution in [0.4, 0.5) is 0 Å². The number of pyridine rings is 1. The molecule has 0 aliphatic carbocycles. The van der Waals surface area contributed by atoms with Gasteiger partial charge in [0.05, 0.1) is 11.3 Å². The molecule has 2 aromatic rings. The van der Waals surface area contributed by atoms with E-state index in [9.17, 15) is 9.59 Å². The number of para-hydroxylation sites is 1. The van der Waals surface area contributed by atoms with Gasteiger partial charge >= 0.3 is 0 Å². The first kappa shape index (κ1) is 16.8. The SMILES string of the molecule is O=C(CSc1ccnc2ccccc12)NCCCN1CCCC1=O. The molecule has 126 valence electrons. The number of fused-ring (bicyclic) bond motifs is 1. The van der Waals surface area contributed by atoms with Crippen LogP contribution < -0.4 is 5.32 Å². The molecule has 1 N–H and O–H groups in total. The second-order valence-corrected chi connectivity index (χ2v) is 6.82. The van der Waals surface area contributed by atoms with Crippen LogP contribution in [0.1, 0.15) is 19.3 Å². The minimum atomic E-state index is 0.0219. The Hall–Kier alpha value is -2.08. The number of carbonyl (C=O) groups excluding carboxylic acids is 2. The Morgan fingerprint density at radius 2 is 2.17 bits per heavy atom. The van der Waals surface area contributed by atoms with Crippen LogP contribution in [0.25, 0.3) is 10.9 Å². The van der Waals surface area contributed by atoms with Crippen LogP contribution in [-0.2, 0) is 9.59 Å². The molecule has 6 heteroatoms. The number of hydrogen-bond acceptors (Lipinski definition) is 4. The molecular weight excluding hydrogens is 322 g/mol. The monoisotopic (exact) mass is 343 g/mol. The molecule has 24 heavy (non-hydrogen) atoms. The Kier molecular flexibility index (Phi) is 5.69. The molecule has 1 saturated heterocycles. The summed E-state index contributed by atoms with van der Waals surface area (Å²) in [5.41, 5.74) is 0.943. The topological polar surface area (TPSA) is 62.3 Å². The number of thioether (sulfide) groups is 1. The second-order valence-electron chi connectivity index (χ2n) is 5.80. The first-order chi connectivity index (χ1) is 11.7. The number of nitrogens with one attached hydrogen (secondary N) is 1. The predicted octanol–water partition coefficient (Wildman–Crippen LogP) is 2.46. The van der Waals surface area contributed by atoms with Crippen molar-refractivity contribution in [3.63, 3.8) is 0 Å². The third kappa shape index (κ3) is 4.26. The highest BCUT2D eigenvalue weighted by Crippen LogP contribution is 2.26. The van der Waals surface area contributed by atoms with Crippen molar-refractivity contribution in [1.29, 1.82) is 0 Å². The lowest BCUT2D eigenvalue weighted by atomic mass is 10.2. The number of hydrogen-bond donors (Lipinski definition) is 1. The number of nitrogens with zero attached hydrogens (tertiary/aromatic N) is 2. The van der Waals surface area contributed by atoms with E-state index in [1.165, 1.54) is 11.8 Å². The van der Waals surface area contributed by atoms with Gasteiger partial charge in [0.1, 0.15) is 0 Å². The molecular formula is C18H21N3O2S. The molecule has 0 atom stereocenters.